The highest BCUT2D eigenvalue weighted by Gasteiger charge is 2.22. The number of nitro groups is 1. The molecular weight excluding hydrogens is 306 g/mol. The van der Waals surface area contributed by atoms with Gasteiger partial charge in [-0.3, -0.25) is 10.1 Å². The summed E-state index contributed by atoms with van der Waals surface area (Å²) in [7, 11) is 0. The van der Waals surface area contributed by atoms with E-state index < -0.39 is 0 Å². The topological polar surface area (TPSA) is 91.3 Å². The molecule has 0 atom stereocenters. The van der Waals surface area contributed by atoms with Crippen LogP contribution in [0.3, 0.4) is 0 Å². The van der Waals surface area contributed by atoms with E-state index in [1.54, 1.807) is 12.1 Å². The molecule has 0 bridgehead atoms. The summed E-state index contributed by atoms with van der Waals surface area (Å²) < 4.78 is 0. The predicted molar refractivity (Wildman–Crippen MR) is 85.8 cm³/mol. The average Bonchev–Trinajstić information content (AvgIpc) is 2.53. The van der Waals surface area contributed by atoms with Gasteiger partial charge in [0.25, 0.3) is 5.69 Å². The van der Waals surface area contributed by atoms with Gasteiger partial charge in [-0.05, 0) is 12.1 Å². The molecule has 3 N–H and O–H groups in total. The lowest BCUT2D eigenvalue weighted by molar-refractivity contribution is -0.900. The van der Waals surface area contributed by atoms with Crippen molar-refractivity contribution < 1.29 is 20.0 Å². The van der Waals surface area contributed by atoms with E-state index in [0.717, 1.165) is 38.4 Å². The molecule has 1 heterocycles. The lowest BCUT2D eigenvalue weighted by atomic mass is 10.2. The van der Waals surface area contributed by atoms with Gasteiger partial charge in [0.1, 0.15) is 6.54 Å². The SMILES string of the molecule is O=[N+]([O-])c1ccc(N2CC[NH+](CCO)CC2)cc1SCCO. The maximum Gasteiger partial charge on any atom is 0.283 e. The number of piperazine rings is 1. The Hall–Kier alpha value is -1.35. The number of rotatable bonds is 7. The Bertz CT molecular complexity index is 507. The molecule has 1 saturated heterocycles. The van der Waals surface area contributed by atoms with Crippen molar-refractivity contribution in [1.29, 1.82) is 0 Å². The molecule has 7 nitrogen and oxygen atoms in total. The van der Waals surface area contributed by atoms with Crippen molar-refractivity contribution in [1.82, 2.24) is 0 Å². The van der Waals surface area contributed by atoms with Crippen LogP contribution in [0, 0.1) is 10.1 Å². The number of nitro benzene ring substituents is 1. The Balaban J connectivity index is 2.10. The first-order valence-electron chi connectivity index (χ1n) is 7.37. The molecule has 2 rings (SSSR count). The quantitative estimate of drug-likeness (QED) is 0.351. The van der Waals surface area contributed by atoms with Gasteiger partial charge in [-0.2, -0.15) is 0 Å². The van der Waals surface area contributed by atoms with Crippen molar-refractivity contribution in [2.45, 2.75) is 4.90 Å². The molecule has 8 heteroatoms. The van der Waals surface area contributed by atoms with Crippen LogP contribution in [-0.2, 0) is 0 Å². The van der Waals surface area contributed by atoms with Crippen LogP contribution in [0.2, 0.25) is 0 Å². The van der Waals surface area contributed by atoms with Gasteiger partial charge in [-0.1, -0.05) is 0 Å². The Kier molecular flexibility index (Phi) is 6.44. The van der Waals surface area contributed by atoms with Crippen molar-refractivity contribution in [2.24, 2.45) is 0 Å². The van der Waals surface area contributed by atoms with Crippen molar-refractivity contribution in [3.05, 3.63) is 28.3 Å². The Labute approximate surface area is 133 Å². The van der Waals surface area contributed by atoms with Gasteiger partial charge in [0.15, 0.2) is 0 Å². The molecule has 1 aromatic carbocycles. The molecule has 1 aliphatic rings. The summed E-state index contributed by atoms with van der Waals surface area (Å²) in [6.07, 6.45) is 0. The minimum absolute atomic E-state index is 0.00472. The van der Waals surface area contributed by atoms with Crippen LogP contribution in [0.1, 0.15) is 0 Å². The van der Waals surface area contributed by atoms with E-state index >= 15 is 0 Å². The second kappa shape index (κ2) is 8.33. The molecule has 0 aliphatic carbocycles. The van der Waals surface area contributed by atoms with E-state index in [0.29, 0.717) is 10.6 Å². The highest BCUT2D eigenvalue weighted by atomic mass is 32.2. The molecule has 122 valence electrons. The Morgan fingerprint density at radius 1 is 1.27 bits per heavy atom. The van der Waals surface area contributed by atoms with Gasteiger partial charge in [-0.15, -0.1) is 11.8 Å². The van der Waals surface area contributed by atoms with Crippen LogP contribution in [0.5, 0.6) is 0 Å². The minimum Gasteiger partial charge on any atom is -0.396 e. The molecule has 22 heavy (non-hydrogen) atoms. The number of hydrogen-bond acceptors (Lipinski definition) is 6. The highest BCUT2D eigenvalue weighted by Crippen LogP contribution is 2.32. The molecule has 1 aromatic rings. The molecule has 0 radical (unpaired) electrons. The zero-order valence-corrected chi connectivity index (χ0v) is 13.2. The van der Waals surface area contributed by atoms with Crippen LogP contribution in [0.4, 0.5) is 11.4 Å². The summed E-state index contributed by atoms with van der Waals surface area (Å²) in [4.78, 5) is 14.9. The molecule has 0 amide bonds. The maximum atomic E-state index is 11.1. The zero-order chi connectivity index (χ0) is 15.9. The van der Waals surface area contributed by atoms with E-state index in [-0.39, 0.29) is 23.8 Å². The largest absolute Gasteiger partial charge is 0.396 e. The Morgan fingerprint density at radius 2 is 2.00 bits per heavy atom. The summed E-state index contributed by atoms with van der Waals surface area (Å²) in [5.41, 5.74) is 1.07. The first-order chi connectivity index (χ1) is 10.7. The molecule has 0 saturated carbocycles. The summed E-state index contributed by atoms with van der Waals surface area (Å²) in [6.45, 7) is 4.62. The number of anilines is 1. The predicted octanol–water partition coefficient (Wildman–Crippen LogP) is -0.624. The zero-order valence-electron chi connectivity index (χ0n) is 12.4. The second-order valence-electron chi connectivity index (χ2n) is 5.19. The van der Waals surface area contributed by atoms with Crippen LogP contribution < -0.4 is 9.80 Å². The fraction of sp³-hybridized carbons (Fsp3) is 0.571. The van der Waals surface area contributed by atoms with Gasteiger partial charge >= 0.3 is 0 Å². The Morgan fingerprint density at radius 3 is 2.59 bits per heavy atom. The molecule has 1 fully saturated rings. The van der Waals surface area contributed by atoms with E-state index in [1.165, 1.54) is 16.7 Å². The molecular formula is C14H22N3O4S+. The summed E-state index contributed by atoms with van der Waals surface area (Å²) in [6, 6.07) is 5.18. The third-order valence-corrected chi connectivity index (χ3v) is 4.81. The number of benzene rings is 1. The number of hydrogen-bond donors (Lipinski definition) is 3. The third kappa shape index (κ3) is 4.33. The standard InChI is InChI=1S/C14H21N3O4S/c18-8-7-15-3-5-16(6-4-15)12-1-2-13(17(20)21)14(11-12)22-10-9-19/h1-2,11,18-19H,3-10H2/p+1. The first kappa shape index (κ1) is 17.0. The number of aliphatic hydroxyl groups excluding tert-OH is 2. The van der Waals surface area contributed by atoms with Gasteiger partial charge in [0.05, 0.1) is 49.2 Å². The van der Waals surface area contributed by atoms with Crippen molar-refractivity contribution >= 4 is 23.1 Å². The first-order valence-corrected chi connectivity index (χ1v) is 8.35. The summed E-state index contributed by atoms with van der Waals surface area (Å²) >= 11 is 1.31. The fourth-order valence-corrected chi connectivity index (χ4v) is 3.42. The second-order valence-corrected chi connectivity index (χ2v) is 6.33. The van der Waals surface area contributed by atoms with E-state index in [4.69, 9.17) is 10.2 Å². The number of nitrogens with one attached hydrogen (secondary N) is 1. The average molecular weight is 328 g/mol. The van der Waals surface area contributed by atoms with Crippen molar-refractivity contribution in [3.8, 4) is 0 Å². The van der Waals surface area contributed by atoms with Crippen LogP contribution in [0.25, 0.3) is 0 Å². The fourth-order valence-electron chi connectivity index (χ4n) is 2.61. The summed E-state index contributed by atoms with van der Waals surface area (Å²) in [5.74, 6) is 0.443. The highest BCUT2D eigenvalue weighted by molar-refractivity contribution is 7.99. The number of nitrogens with zero attached hydrogens (tertiary/aromatic N) is 2. The maximum absolute atomic E-state index is 11.1. The van der Waals surface area contributed by atoms with E-state index in [2.05, 4.69) is 4.90 Å². The molecule has 1 aliphatic heterocycles. The number of thioether (sulfide) groups is 1. The lowest BCUT2D eigenvalue weighted by Crippen LogP contribution is -3.15. The van der Waals surface area contributed by atoms with Gasteiger partial charge in [0.2, 0.25) is 0 Å². The van der Waals surface area contributed by atoms with Crippen molar-refractivity contribution in [3.63, 3.8) is 0 Å². The minimum atomic E-state index is -0.382. The lowest BCUT2D eigenvalue weighted by Gasteiger charge is -2.33. The number of quaternary nitrogens is 1. The van der Waals surface area contributed by atoms with Crippen molar-refractivity contribution in [2.75, 3.05) is 56.6 Å². The normalized spacial score (nSPS) is 16.0. The van der Waals surface area contributed by atoms with Gasteiger partial charge in [0, 0.05) is 17.5 Å². The third-order valence-electron chi connectivity index (χ3n) is 3.79. The van der Waals surface area contributed by atoms with Crippen LogP contribution in [-0.4, -0.2) is 66.8 Å². The monoisotopic (exact) mass is 328 g/mol. The van der Waals surface area contributed by atoms with E-state index in [9.17, 15) is 10.1 Å². The van der Waals surface area contributed by atoms with E-state index in [1.807, 2.05) is 6.07 Å². The smallest absolute Gasteiger partial charge is 0.283 e. The van der Waals surface area contributed by atoms with Crippen LogP contribution >= 0.6 is 11.8 Å². The number of aliphatic hydroxyl groups is 2. The van der Waals surface area contributed by atoms with Gasteiger partial charge in [-0.25, -0.2) is 0 Å². The molecule has 0 unspecified atom stereocenters. The molecule has 0 spiro atoms. The van der Waals surface area contributed by atoms with Crippen LogP contribution in [0.15, 0.2) is 23.1 Å². The van der Waals surface area contributed by atoms with Gasteiger partial charge < -0.3 is 20.0 Å². The summed E-state index contributed by atoms with van der Waals surface area (Å²) in [5, 5.41) is 29.0. The molecule has 0 aromatic heterocycles.